The van der Waals surface area contributed by atoms with Crippen molar-refractivity contribution in [3.05, 3.63) is 94.8 Å². The Morgan fingerprint density at radius 3 is 2.69 bits per heavy atom. The second-order valence-electron chi connectivity index (χ2n) is 7.47. The van der Waals surface area contributed by atoms with E-state index in [0.29, 0.717) is 0 Å². The smallest absolute Gasteiger partial charge is 0.167 e. The summed E-state index contributed by atoms with van der Waals surface area (Å²) >= 11 is 0. The number of benzene rings is 3. The van der Waals surface area contributed by atoms with Gasteiger partial charge in [0.15, 0.2) is 6.17 Å². The number of aromatic nitrogens is 1. The van der Waals surface area contributed by atoms with Gasteiger partial charge in [-0.2, -0.15) is 0 Å². The Bertz CT molecular complexity index is 1380. The molecule has 1 aromatic heterocycles. The molecular formula is C25H18N4. The second-order valence-corrected chi connectivity index (χ2v) is 7.47. The standard InChI is InChI=1S/C25H18N4/c26-14-29-25-22-6-2-5-21-19(10-8-17(13-28-25)24(21)22)18-9-7-16-12-27-11-15-3-1-4-20(18)23(15)16/h1-14,18,25H,(H2,26,29). The van der Waals surface area contributed by atoms with E-state index in [1.165, 1.54) is 44.6 Å². The van der Waals surface area contributed by atoms with Gasteiger partial charge in [0.05, 0.1) is 6.34 Å². The highest BCUT2D eigenvalue weighted by atomic mass is 15.0. The summed E-state index contributed by atoms with van der Waals surface area (Å²) in [4.78, 5) is 13.3. The van der Waals surface area contributed by atoms with Crippen molar-refractivity contribution in [1.82, 2.24) is 4.98 Å². The van der Waals surface area contributed by atoms with Crippen LogP contribution in [0.5, 0.6) is 0 Å². The van der Waals surface area contributed by atoms with Gasteiger partial charge in [-0.25, -0.2) is 4.99 Å². The molecule has 138 valence electrons. The van der Waals surface area contributed by atoms with Crippen molar-refractivity contribution in [1.29, 1.82) is 0 Å². The molecule has 29 heavy (non-hydrogen) atoms. The minimum atomic E-state index is -0.274. The fourth-order valence-electron chi connectivity index (χ4n) is 4.76. The molecule has 4 heteroatoms. The molecule has 0 saturated carbocycles. The van der Waals surface area contributed by atoms with Gasteiger partial charge in [-0.1, -0.05) is 60.7 Å². The second kappa shape index (κ2) is 6.11. The van der Waals surface area contributed by atoms with Crippen LogP contribution in [-0.4, -0.2) is 17.5 Å². The minimum absolute atomic E-state index is 0.188. The lowest BCUT2D eigenvalue weighted by molar-refractivity contribution is 0.788. The van der Waals surface area contributed by atoms with E-state index in [2.05, 4.69) is 75.7 Å². The zero-order chi connectivity index (χ0) is 19.4. The SMILES string of the molecule is N/C=N\C1N=Cc2ccc(C3C=Cc4cncc5cccc3c45)c3cccc1c23. The molecule has 2 unspecified atom stereocenters. The van der Waals surface area contributed by atoms with E-state index in [-0.39, 0.29) is 12.1 Å². The third-order valence-corrected chi connectivity index (χ3v) is 5.98. The maximum absolute atomic E-state index is 5.56. The number of aliphatic imine (C=N–C) groups is 2. The summed E-state index contributed by atoms with van der Waals surface area (Å²) in [5, 5.41) is 4.94. The first-order valence-electron chi connectivity index (χ1n) is 9.72. The van der Waals surface area contributed by atoms with Crippen molar-refractivity contribution < 1.29 is 0 Å². The third kappa shape index (κ3) is 2.29. The lowest BCUT2D eigenvalue weighted by Crippen LogP contribution is -2.08. The van der Waals surface area contributed by atoms with E-state index in [1.54, 1.807) is 0 Å². The molecule has 2 heterocycles. The fourth-order valence-corrected chi connectivity index (χ4v) is 4.76. The Labute approximate surface area is 168 Å². The third-order valence-electron chi connectivity index (χ3n) is 5.98. The fraction of sp³-hybridized carbons (Fsp3) is 0.0800. The lowest BCUT2D eigenvalue weighted by atomic mass is 9.80. The summed E-state index contributed by atoms with van der Waals surface area (Å²) in [5.74, 6) is 0.188. The molecule has 0 amide bonds. The average Bonchev–Trinajstić information content (AvgIpc) is 2.77. The molecule has 2 atom stereocenters. The molecule has 4 aromatic rings. The monoisotopic (exact) mass is 374 g/mol. The van der Waals surface area contributed by atoms with Crippen LogP contribution in [0.3, 0.4) is 0 Å². The summed E-state index contributed by atoms with van der Waals surface area (Å²) in [6.07, 6.45) is 11.4. The Morgan fingerprint density at radius 1 is 0.862 bits per heavy atom. The van der Waals surface area contributed by atoms with Crippen LogP contribution < -0.4 is 5.73 Å². The molecule has 0 bridgehead atoms. The van der Waals surface area contributed by atoms with Crippen molar-refractivity contribution >= 4 is 40.2 Å². The van der Waals surface area contributed by atoms with E-state index in [0.717, 1.165) is 11.1 Å². The zero-order valence-electron chi connectivity index (χ0n) is 15.7. The summed E-state index contributed by atoms with van der Waals surface area (Å²) < 4.78 is 0. The molecule has 3 aromatic carbocycles. The van der Waals surface area contributed by atoms with Gasteiger partial charge in [0.2, 0.25) is 0 Å². The van der Waals surface area contributed by atoms with E-state index >= 15 is 0 Å². The molecule has 2 aliphatic rings. The van der Waals surface area contributed by atoms with Gasteiger partial charge in [0, 0.05) is 46.6 Å². The zero-order valence-corrected chi connectivity index (χ0v) is 15.7. The minimum Gasteiger partial charge on any atom is -0.390 e. The Hall–Kier alpha value is -3.79. The van der Waals surface area contributed by atoms with Crippen molar-refractivity contribution in [3.63, 3.8) is 0 Å². The van der Waals surface area contributed by atoms with Crippen LogP contribution in [0.4, 0.5) is 0 Å². The van der Waals surface area contributed by atoms with Crippen molar-refractivity contribution in [2.75, 3.05) is 0 Å². The summed E-state index contributed by atoms with van der Waals surface area (Å²) in [5.41, 5.74) is 11.6. The van der Waals surface area contributed by atoms with Crippen LogP contribution >= 0.6 is 0 Å². The van der Waals surface area contributed by atoms with Crippen LogP contribution in [0.15, 0.2) is 77.0 Å². The number of rotatable bonds is 2. The van der Waals surface area contributed by atoms with Crippen LogP contribution in [0.25, 0.3) is 27.6 Å². The molecule has 0 saturated heterocycles. The number of nitrogens with two attached hydrogens (primary N) is 1. The van der Waals surface area contributed by atoms with Gasteiger partial charge in [-0.3, -0.25) is 9.98 Å². The number of hydrogen-bond donors (Lipinski definition) is 1. The molecule has 0 fully saturated rings. The highest BCUT2D eigenvalue weighted by Crippen LogP contribution is 2.42. The Morgan fingerprint density at radius 2 is 1.76 bits per heavy atom. The summed E-state index contributed by atoms with van der Waals surface area (Å²) in [6.45, 7) is 0. The summed E-state index contributed by atoms with van der Waals surface area (Å²) in [6, 6.07) is 17.3. The predicted octanol–water partition coefficient (Wildman–Crippen LogP) is 4.96. The van der Waals surface area contributed by atoms with Crippen molar-refractivity contribution in [2.45, 2.75) is 12.1 Å². The van der Waals surface area contributed by atoms with E-state index in [1.807, 2.05) is 18.6 Å². The van der Waals surface area contributed by atoms with Crippen molar-refractivity contribution in [2.24, 2.45) is 15.7 Å². The van der Waals surface area contributed by atoms with Gasteiger partial charge in [-0.15, -0.1) is 0 Å². The summed E-state index contributed by atoms with van der Waals surface area (Å²) in [7, 11) is 0. The molecular weight excluding hydrogens is 356 g/mol. The topological polar surface area (TPSA) is 63.6 Å². The molecule has 2 N–H and O–H groups in total. The van der Waals surface area contributed by atoms with E-state index < -0.39 is 0 Å². The van der Waals surface area contributed by atoms with Gasteiger partial charge in [0.1, 0.15) is 0 Å². The largest absolute Gasteiger partial charge is 0.390 e. The first kappa shape index (κ1) is 16.2. The van der Waals surface area contributed by atoms with Crippen LogP contribution in [0.1, 0.15) is 39.9 Å². The maximum atomic E-state index is 5.56. The highest BCUT2D eigenvalue weighted by Gasteiger charge is 2.24. The molecule has 0 radical (unpaired) electrons. The normalized spacial score (nSPS) is 19.4. The van der Waals surface area contributed by atoms with Gasteiger partial charge < -0.3 is 5.73 Å². The number of allylic oxidation sites excluding steroid dienone is 1. The van der Waals surface area contributed by atoms with E-state index in [9.17, 15) is 0 Å². The molecule has 0 spiro atoms. The van der Waals surface area contributed by atoms with Gasteiger partial charge in [0.25, 0.3) is 0 Å². The number of pyridine rings is 1. The van der Waals surface area contributed by atoms with Crippen molar-refractivity contribution in [3.8, 4) is 0 Å². The van der Waals surface area contributed by atoms with Gasteiger partial charge in [-0.05, 0) is 27.3 Å². The van der Waals surface area contributed by atoms with Gasteiger partial charge >= 0.3 is 0 Å². The number of nitrogens with zero attached hydrogens (tertiary/aromatic N) is 3. The number of hydrogen-bond acceptors (Lipinski definition) is 3. The first-order valence-corrected chi connectivity index (χ1v) is 9.72. The quantitative estimate of drug-likeness (QED) is 0.398. The van der Waals surface area contributed by atoms with Crippen LogP contribution in [-0.2, 0) is 0 Å². The average molecular weight is 374 g/mol. The molecule has 1 aliphatic heterocycles. The van der Waals surface area contributed by atoms with Crippen LogP contribution in [0.2, 0.25) is 0 Å². The Balaban J connectivity index is 1.63. The molecule has 4 nitrogen and oxygen atoms in total. The van der Waals surface area contributed by atoms with Crippen LogP contribution in [0, 0.1) is 0 Å². The first-order chi connectivity index (χ1) is 14.3. The lowest BCUT2D eigenvalue weighted by Gasteiger charge is -2.25. The maximum Gasteiger partial charge on any atom is 0.167 e. The Kier molecular flexibility index (Phi) is 3.41. The predicted molar refractivity (Wildman–Crippen MR) is 120 cm³/mol. The highest BCUT2D eigenvalue weighted by molar-refractivity contribution is 6.06. The van der Waals surface area contributed by atoms with E-state index in [4.69, 9.17) is 5.73 Å². The molecule has 1 aliphatic carbocycles. The molecule has 6 rings (SSSR count).